The first-order valence-electron chi connectivity index (χ1n) is 14.1. The smallest absolute Gasteiger partial charge is 0.227 e. The number of benzene rings is 2. The molecule has 1 amide bonds. The fraction of sp³-hybridized carbons (Fsp3) is 0.516. The van der Waals surface area contributed by atoms with Gasteiger partial charge < -0.3 is 19.8 Å². The lowest BCUT2D eigenvalue weighted by Crippen LogP contribution is -2.78. The number of ether oxygens (including phenoxy) is 1. The van der Waals surface area contributed by atoms with Crippen LogP contribution in [0.4, 0.5) is 0 Å². The maximum absolute atomic E-state index is 13.8. The monoisotopic (exact) mass is 530 g/mol. The zero-order valence-corrected chi connectivity index (χ0v) is 22.5. The molecule has 2 bridgehead atoms. The minimum Gasteiger partial charge on any atom is -0.504 e. The lowest BCUT2D eigenvalue weighted by molar-refractivity contribution is -0.200. The van der Waals surface area contributed by atoms with Crippen LogP contribution in [0.3, 0.4) is 0 Å². The summed E-state index contributed by atoms with van der Waals surface area (Å²) in [7, 11) is 1.90. The molecule has 3 aromatic rings. The van der Waals surface area contributed by atoms with Gasteiger partial charge in [0.25, 0.3) is 0 Å². The van der Waals surface area contributed by atoms with Crippen LogP contribution in [-0.4, -0.2) is 69.8 Å². The number of fused-ring (bicyclic) bond motifs is 1. The highest BCUT2D eigenvalue weighted by Gasteiger charge is 2.73. The SMILES string of the molecule is CN(C(=O)Cc1cccc2sccc12)[C@@H]1CC[C@@]2(O)[C@H]3Cc4ccc(O)c5c4[C@@]2(CCN3CC2CC2)[C@H]1O5. The van der Waals surface area contributed by atoms with E-state index >= 15 is 0 Å². The average Bonchev–Trinajstić information content (AvgIpc) is 3.45. The first kappa shape index (κ1) is 23.3. The summed E-state index contributed by atoms with van der Waals surface area (Å²) in [6, 6.07) is 11.9. The van der Waals surface area contributed by atoms with Crippen LogP contribution in [-0.2, 0) is 23.1 Å². The maximum Gasteiger partial charge on any atom is 0.227 e. The van der Waals surface area contributed by atoms with E-state index in [4.69, 9.17) is 4.74 Å². The number of nitrogens with zero attached hydrogens (tertiary/aromatic N) is 2. The number of phenolic OH excluding ortho intramolecular Hbond substituents is 1. The molecule has 1 spiro atoms. The highest BCUT2D eigenvalue weighted by atomic mass is 32.1. The van der Waals surface area contributed by atoms with Gasteiger partial charge in [-0.25, -0.2) is 0 Å². The largest absolute Gasteiger partial charge is 0.504 e. The van der Waals surface area contributed by atoms with Crippen molar-refractivity contribution in [1.82, 2.24) is 9.80 Å². The Balaban J connectivity index is 1.17. The summed E-state index contributed by atoms with van der Waals surface area (Å²) in [5, 5.41) is 26.8. The number of phenols is 1. The number of aliphatic hydroxyl groups is 1. The Kier molecular flexibility index (Phi) is 4.88. The first-order valence-corrected chi connectivity index (χ1v) is 15.0. The summed E-state index contributed by atoms with van der Waals surface area (Å²) in [4.78, 5) is 18.2. The Bertz CT molecular complexity index is 1470. The summed E-state index contributed by atoms with van der Waals surface area (Å²) >= 11 is 1.70. The molecule has 7 heteroatoms. The van der Waals surface area contributed by atoms with Gasteiger partial charge in [-0.2, -0.15) is 0 Å². The quantitative estimate of drug-likeness (QED) is 0.516. The zero-order chi connectivity index (χ0) is 25.8. The molecule has 5 aliphatic rings. The summed E-state index contributed by atoms with van der Waals surface area (Å²) < 4.78 is 7.87. The number of thiophene rings is 1. The third-order valence-electron chi connectivity index (χ3n) is 10.6. The molecule has 6 nitrogen and oxygen atoms in total. The highest BCUT2D eigenvalue weighted by molar-refractivity contribution is 7.17. The second kappa shape index (κ2) is 7.96. The lowest BCUT2D eigenvalue weighted by atomic mass is 9.48. The average molecular weight is 531 g/mol. The third kappa shape index (κ3) is 2.98. The van der Waals surface area contributed by atoms with Gasteiger partial charge in [0.1, 0.15) is 6.10 Å². The molecule has 2 aliphatic heterocycles. The first-order chi connectivity index (χ1) is 18.4. The number of amides is 1. The molecule has 2 saturated carbocycles. The molecule has 1 saturated heterocycles. The molecule has 3 fully saturated rings. The fourth-order valence-corrected chi connectivity index (χ4v) is 9.37. The fourth-order valence-electron chi connectivity index (χ4n) is 8.54. The van der Waals surface area contributed by atoms with Crippen LogP contribution < -0.4 is 4.74 Å². The number of piperidine rings is 1. The Labute approximate surface area is 226 Å². The standard InChI is InChI=1S/C31H34N2O4S/c1-32(26(35)16-19-3-2-4-24-21(19)10-14-38-24)22-9-11-31(36)25-15-20-7-8-23(34)28-27(20)30(31,29(22)37-28)12-13-33(25)17-18-5-6-18/h2-4,7-8,10,14,18,22,25,29,34,36H,5-6,9,11-13,15-17H2,1H3/t22-,25-,29+,30+,31-/m1/s1. The molecule has 8 rings (SSSR count). The Morgan fingerprint density at radius 2 is 2.05 bits per heavy atom. The van der Waals surface area contributed by atoms with Crippen molar-refractivity contribution >= 4 is 27.3 Å². The van der Waals surface area contributed by atoms with Gasteiger partial charge in [0.05, 0.1) is 23.5 Å². The number of aromatic hydroxyl groups is 1. The molecule has 5 atom stereocenters. The van der Waals surface area contributed by atoms with E-state index < -0.39 is 11.0 Å². The van der Waals surface area contributed by atoms with Crippen LogP contribution in [0, 0.1) is 5.92 Å². The second-order valence-electron chi connectivity index (χ2n) is 12.3. The zero-order valence-electron chi connectivity index (χ0n) is 21.7. The van der Waals surface area contributed by atoms with E-state index in [0.717, 1.165) is 48.4 Å². The molecule has 0 unspecified atom stereocenters. The van der Waals surface area contributed by atoms with Crippen LogP contribution in [0.1, 0.15) is 48.8 Å². The van der Waals surface area contributed by atoms with Crippen molar-refractivity contribution in [2.24, 2.45) is 5.92 Å². The molecule has 38 heavy (non-hydrogen) atoms. The van der Waals surface area contributed by atoms with E-state index in [2.05, 4.69) is 22.4 Å². The summed E-state index contributed by atoms with van der Waals surface area (Å²) in [5.74, 6) is 1.51. The Morgan fingerprint density at radius 1 is 1.18 bits per heavy atom. The van der Waals surface area contributed by atoms with Crippen molar-refractivity contribution in [1.29, 1.82) is 0 Å². The Hall–Kier alpha value is -2.61. The number of hydrogen-bond acceptors (Lipinski definition) is 6. The van der Waals surface area contributed by atoms with Gasteiger partial charge in [0.2, 0.25) is 5.91 Å². The molecule has 0 radical (unpaired) electrons. The van der Waals surface area contributed by atoms with Gasteiger partial charge >= 0.3 is 0 Å². The molecule has 3 aliphatic carbocycles. The predicted molar refractivity (Wildman–Crippen MR) is 147 cm³/mol. The summed E-state index contributed by atoms with van der Waals surface area (Å²) in [6.45, 7) is 1.98. The number of likely N-dealkylation sites (tertiary alicyclic amines) is 1. The van der Waals surface area contributed by atoms with Gasteiger partial charge in [-0.1, -0.05) is 18.2 Å². The van der Waals surface area contributed by atoms with E-state index in [1.54, 1.807) is 17.4 Å². The van der Waals surface area contributed by atoms with E-state index in [-0.39, 0.29) is 29.8 Å². The van der Waals surface area contributed by atoms with Crippen molar-refractivity contribution in [3.63, 3.8) is 0 Å². The van der Waals surface area contributed by atoms with Gasteiger partial charge in [0, 0.05) is 29.9 Å². The normalized spacial score (nSPS) is 33.2. The highest BCUT2D eigenvalue weighted by Crippen LogP contribution is 2.66. The third-order valence-corrected chi connectivity index (χ3v) is 11.4. The minimum atomic E-state index is -0.931. The van der Waals surface area contributed by atoms with Crippen molar-refractivity contribution in [2.75, 3.05) is 20.1 Å². The predicted octanol–water partition coefficient (Wildman–Crippen LogP) is 4.24. The van der Waals surface area contributed by atoms with Crippen LogP contribution in [0.15, 0.2) is 41.8 Å². The summed E-state index contributed by atoms with van der Waals surface area (Å²) in [5.41, 5.74) is 1.71. The molecule has 3 heterocycles. The molecule has 2 N–H and O–H groups in total. The van der Waals surface area contributed by atoms with Crippen LogP contribution in [0.5, 0.6) is 11.5 Å². The molecule has 198 valence electrons. The maximum atomic E-state index is 13.8. The van der Waals surface area contributed by atoms with Crippen molar-refractivity contribution < 1.29 is 19.7 Å². The number of hydrogen-bond donors (Lipinski definition) is 2. The minimum absolute atomic E-state index is 0.0455. The van der Waals surface area contributed by atoms with E-state index in [0.29, 0.717) is 25.0 Å². The van der Waals surface area contributed by atoms with E-state index in [1.165, 1.54) is 23.1 Å². The van der Waals surface area contributed by atoms with E-state index in [9.17, 15) is 15.0 Å². The molecular formula is C31H34N2O4S. The van der Waals surface area contributed by atoms with Gasteiger partial charge in [0.15, 0.2) is 11.5 Å². The number of likely N-dealkylation sites (N-methyl/N-ethyl adjacent to an activating group) is 1. The van der Waals surface area contributed by atoms with Crippen molar-refractivity contribution in [3.8, 4) is 11.5 Å². The molecular weight excluding hydrogens is 496 g/mol. The number of carbonyl (C=O) groups excluding carboxylic acids is 1. The lowest BCUT2D eigenvalue weighted by Gasteiger charge is -2.64. The van der Waals surface area contributed by atoms with Crippen LogP contribution in [0.25, 0.3) is 10.1 Å². The number of carbonyl (C=O) groups is 1. The van der Waals surface area contributed by atoms with Gasteiger partial charge in [-0.15, -0.1) is 11.3 Å². The Morgan fingerprint density at radius 3 is 2.89 bits per heavy atom. The second-order valence-corrected chi connectivity index (χ2v) is 13.3. The topological polar surface area (TPSA) is 73.2 Å². The van der Waals surface area contributed by atoms with Crippen LogP contribution >= 0.6 is 11.3 Å². The van der Waals surface area contributed by atoms with Gasteiger partial charge in [-0.3, -0.25) is 9.69 Å². The van der Waals surface area contributed by atoms with E-state index in [1.807, 2.05) is 30.1 Å². The van der Waals surface area contributed by atoms with Crippen molar-refractivity contribution in [3.05, 3.63) is 58.5 Å². The summed E-state index contributed by atoms with van der Waals surface area (Å²) in [6.07, 6.45) is 5.44. The van der Waals surface area contributed by atoms with Crippen molar-refractivity contribution in [2.45, 2.75) is 74.1 Å². The van der Waals surface area contributed by atoms with Gasteiger partial charge in [-0.05, 0) is 91.1 Å². The molecule has 1 aromatic heterocycles. The van der Waals surface area contributed by atoms with Crippen LogP contribution in [0.2, 0.25) is 0 Å². The molecule has 2 aromatic carbocycles. The number of rotatable bonds is 5.